The summed E-state index contributed by atoms with van der Waals surface area (Å²) in [5.74, 6) is 4.57. The number of ether oxygens (including phenoxy) is 1. The van der Waals surface area contributed by atoms with Crippen molar-refractivity contribution in [2.45, 2.75) is 38.6 Å². The van der Waals surface area contributed by atoms with Crippen molar-refractivity contribution in [3.05, 3.63) is 29.8 Å². The van der Waals surface area contributed by atoms with Crippen LogP contribution in [0.25, 0.3) is 0 Å². The van der Waals surface area contributed by atoms with E-state index in [0.717, 1.165) is 24.6 Å². The minimum atomic E-state index is 0.597. The number of rotatable bonds is 7. The maximum absolute atomic E-state index is 5.32. The second-order valence-electron chi connectivity index (χ2n) is 5.60. The van der Waals surface area contributed by atoms with Crippen molar-refractivity contribution in [2.24, 2.45) is 5.92 Å². The predicted molar refractivity (Wildman–Crippen MR) is 88.8 cm³/mol. The molecule has 1 aromatic carbocycles. The van der Waals surface area contributed by atoms with E-state index in [2.05, 4.69) is 42.2 Å². The van der Waals surface area contributed by atoms with Gasteiger partial charge in [-0.25, -0.2) is 0 Å². The van der Waals surface area contributed by atoms with Crippen molar-refractivity contribution < 1.29 is 4.74 Å². The monoisotopic (exact) mass is 293 g/mol. The Kier molecular flexibility index (Phi) is 6.74. The third-order valence-electron chi connectivity index (χ3n) is 4.07. The van der Waals surface area contributed by atoms with Crippen molar-refractivity contribution in [3.8, 4) is 5.75 Å². The summed E-state index contributed by atoms with van der Waals surface area (Å²) >= 11 is 2.11. The molecule has 0 saturated carbocycles. The Morgan fingerprint density at radius 3 is 2.85 bits per heavy atom. The first-order chi connectivity index (χ1) is 9.81. The Labute approximate surface area is 127 Å². The Hall–Kier alpha value is -0.670. The van der Waals surface area contributed by atoms with E-state index in [1.54, 1.807) is 7.11 Å². The van der Waals surface area contributed by atoms with Gasteiger partial charge < -0.3 is 10.1 Å². The van der Waals surface area contributed by atoms with Crippen LogP contribution in [0.2, 0.25) is 0 Å². The van der Waals surface area contributed by atoms with Gasteiger partial charge in [-0.05, 0) is 67.3 Å². The second-order valence-corrected chi connectivity index (χ2v) is 6.83. The van der Waals surface area contributed by atoms with Gasteiger partial charge in [0.25, 0.3) is 0 Å². The van der Waals surface area contributed by atoms with E-state index >= 15 is 0 Å². The number of nitrogens with one attached hydrogen (secondary N) is 1. The van der Waals surface area contributed by atoms with Crippen LogP contribution in [0.15, 0.2) is 24.3 Å². The SMILES string of the molecule is CCNC(Cc1cccc(OC)c1)CC1CCSCC1. The fraction of sp³-hybridized carbons (Fsp3) is 0.647. The molecule has 0 amide bonds. The summed E-state index contributed by atoms with van der Waals surface area (Å²) in [6.07, 6.45) is 5.20. The molecule has 1 aliphatic rings. The molecule has 1 heterocycles. The molecule has 3 heteroatoms. The highest BCUT2D eigenvalue weighted by atomic mass is 32.2. The van der Waals surface area contributed by atoms with Crippen LogP contribution in [0.1, 0.15) is 31.7 Å². The summed E-state index contributed by atoms with van der Waals surface area (Å²) in [5.41, 5.74) is 1.38. The summed E-state index contributed by atoms with van der Waals surface area (Å²) in [6.45, 7) is 3.26. The Bertz CT molecular complexity index is 390. The van der Waals surface area contributed by atoms with E-state index in [1.165, 1.54) is 36.3 Å². The van der Waals surface area contributed by atoms with Crippen molar-refractivity contribution >= 4 is 11.8 Å². The molecular formula is C17H27NOS. The molecule has 1 aliphatic heterocycles. The van der Waals surface area contributed by atoms with Gasteiger partial charge in [-0.15, -0.1) is 0 Å². The van der Waals surface area contributed by atoms with Crippen LogP contribution >= 0.6 is 11.8 Å². The smallest absolute Gasteiger partial charge is 0.119 e. The van der Waals surface area contributed by atoms with Gasteiger partial charge in [-0.1, -0.05) is 19.1 Å². The summed E-state index contributed by atoms with van der Waals surface area (Å²) in [7, 11) is 1.74. The lowest BCUT2D eigenvalue weighted by molar-refractivity contribution is 0.365. The van der Waals surface area contributed by atoms with Gasteiger partial charge in [0.2, 0.25) is 0 Å². The second kappa shape index (κ2) is 8.58. The zero-order valence-electron chi connectivity index (χ0n) is 12.7. The topological polar surface area (TPSA) is 21.3 Å². The molecule has 0 spiro atoms. The molecule has 112 valence electrons. The minimum absolute atomic E-state index is 0.597. The molecule has 2 rings (SSSR count). The van der Waals surface area contributed by atoms with Crippen molar-refractivity contribution in [1.29, 1.82) is 0 Å². The van der Waals surface area contributed by atoms with Crippen molar-refractivity contribution in [2.75, 3.05) is 25.2 Å². The van der Waals surface area contributed by atoms with Gasteiger partial charge in [0.05, 0.1) is 7.11 Å². The Balaban J connectivity index is 1.93. The van der Waals surface area contributed by atoms with E-state index < -0.39 is 0 Å². The van der Waals surface area contributed by atoms with Gasteiger partial charge in [0.1, 0.15) is 5.75 Å². The van der Waals surface area contributed by atoms with Crippen LogP contribution in [0.4, 0.5) is 0 Å². The molecular weight excluding hydrogens is 266 g/mol. The molecule has 20 heavy (non-hydrogen) atoms. The van der Waals surface area contributed by atoms with E-state index in [0.29, 0.717) is 6.04 Å². The predicted octanol–water partition coefficient (Wildman–Crippen LogP) is 3.75. The lowest BCUT2D eigenvalue weighted by Crippen LogP contribution is -2.33. The van der Waals surface area contributed by atoms with Gasteiger partial charge in [-0.2, -0.15) is 11.8 Å². The Morgan fingerprint density at radius 2 is 2.15 bits per heavy atom. The normalized spacial score (nSPS) is 17.9. The Morgan fingerprint density at radius 1 is 1.35 bits per heavy atom. The average Bonchev–Trinajstić information content (AvgIpc) is 2.49. The molecule has 1 aromatic rings. The van der Waals surface area contributed by atoms with Crippen molar-refractivity contribution in [1.82, 2.24) is 5.32 Å². The zero-order chi connectivity index (χ0) is 14.2. The van der Waals surface area contributed by atoms with Crippen LogP contribution < -0.4 is 10.1 Å². The zero-order valence-corrected chi connectivity index (χ0v) is 13.5. The molecule has 0 radical (unpaired) electrons. The highest BCUT2D eigenvalue weighted by Crippen LogP contribution is 2.27. The first-order valence-electron chi connectivity index (χ1n) is 7.76. The standard InChI is InChI=1S/C17H27NOS/c1-3-18-16(11-14-7-9-20-10-8-14)12-15-5-4-6-17(13-15)19-2/h4-6,13-14,16,18H,3,7-12H2,1-2H3. The summed E-state index contributed by atoms with van der Waals surface area (Å²) in [6, 6.07) is 9.09. The van der Waals surface area contributed by atoms with E-state index in [4.69, 9.17) is 4.74 Å². The summed E-state index contributed by atoms with van der Waals surface area (Å²) in [4.78, 5) is 0. The van der Waals surface area contributed by atoms with Crippen LogP contribution in [0.3, 0.4) is 0 Å². The first kappa shape index (κ1) is 15.7. The van der Waals surface area contributed by atoms with E-state index in [1.807, 2.05) is 6.07 Å². The highest BCUT2D eigenvalue weighted by molar-refractivity contribution is 7.99. The molecule has 2 nitrogen and oxygen atoms in total. The minimum Gasteiger partial charge on any atom is -0.497 e. The summed E-state index contributed by atoms with van der Waals surface area (Å²) < 4.78 is 5.32. The lowest BCUT2D eigenvalue weighted by Gasteiger charge is -2.27. The van der Waals surface area contributed by atoms with Crippen molar-refractivity contribution in [3.63, 3.8) is 0 Å². The fourth-order valence-electron chi connectivity index (χ4n) is 3.00. The van der Waals surface area contributed by atoms with Crippen LogP contribution in [-0.4, -0.2) is 31.2 Å². The molecule has 1 N–H and O–H groups in total. The van der Waals surface area contributed by atoms with Crippen LogP contribution in [0, 0.1) is 5.92 Å². The maximum Gasteiger partial charge on any atom is 0.119 e. The molecule has 1 atom stereocenters. The van der Waals surface area contributed by atoms with Gasteiger partial charge in [-0.3, -0.25) is 0 Å². The quantitative estimate of drug-likeness (QED) is 0.827. The molecule has 0 aliphatic carbocycles. The van der Waals surface area contributed by atoms with Gasteiger partial charge in [0.15, 0.2) is 0 Å². The molecule has 1 unspecified atom stereocenters. The van der Waals surface area contributed by atoms with Crippen LogP contribution in [-0.2, 0) is 6.42 Å². The van der Waals surface area contributed by atoms with Crippen LogP contribution in [0.5, 0.6) is 5.75 Å². The number of hydrogen-bond donors (Lipinski definition) is 1. The summed E-state index contributed by atoms with van der Waals surface area (Å²) in [5, 5.41) is 3.67. The maximum atomic E-state index is 5.32. The fourth-order valence-corrected chi connectivity index (χ4v) is 4.20. The molecule has 0 bridgehead atoms. The average molecular weight is 293 g/mol. The number of thioether (sulfide) groups is 1. The largest absolute Gasteiger partial charge is 0.497 e. The number of benzene rings is 1. The molecule has 1 saturated heterocycles. The van der Waals surface area contributed by atoms with E-state index in [-0.39, 0.29) is 0 Å². The first-order valence-corrected chi connectivity index (χ1v) is 8.91. The third-order valence-corrected chi connectivity index (χ3v) is 5.12. The van der Waals surface area contributed by atoms with Gasteiger partial charge >= 0.3 is 0 Å². The van der Waals surface area contributed by atoms with Gasteiger partial charge in [0, 0.05) is 6.04 Å². The number of likely N-dealkylation sites (N-methyl/N-ethyl adjacent to an activating group) is 1. The molecule has 0 aromatic heterocycles. The lowest BCUT2D eigenvalue weighted by atomic mass is 9.91. The highest BCUT2D eigenvalue weighted by Gasteiger charge is 2.19. The van der Waals surface area contributed by atoms with E-state index in [9.17, 15) is 0 Å². The third kappa shape index (κ3) is 5.02. The molecule has 1 fully saturated rings. The number of methoxy groups -OCH3 is 1. The number of hydrogen-bond acceptors (Lipinski definition) is 3.